The highest BCUT2D eigenvalue weighted by Gasteiger charge is 2.49. The number of Topliss-reactive ketones (excluding diaryl/α,β-unsaturated/α-hetero) is 1. The summed E-state index contributed by atoms with van der Waals surface area (Å²) in [6.07, 6.45) is 1.36. The molecule has 12 atom stereocenters. The van der Waals surface area contributed by atoms with Gasteiger partial charge < -0.3 is 38.5 Å². The van der Waals surface area contributed by atoms with E-state index in [9.17, 15) is 42.6 Å². The van der Waals surface area contributed by atoms with Crippen LogP contribution in [0.5, 0.6) is 0 Å². The number of phosphoric ester groups is 4. The van der Waals surface area contributed by atoms with Crippen molar-refractivity contribution < 1.29 is 97.8 Å². The van der Waals surface area contributed by atoms with Crippen LogP contribution >= 0.6 is 31.3 Å². The van der Waals surface area contributed by atoms with E-state index in [1.54, 1.807) is 24.7 Å². The minimum absolute atomic E-state index is 0.0489. The van der Waals surface area contributed by atoms with Gasteiger partial charge in [0, 0.05) is 54.0 Å². The van der Waals surface area contributed by atoms with Crippen molar-refractivity contribution in [2.75, 3.05) is 54.9 Å². The van der Waals surface area contributed by atoms with Gasteiger partial charge in [0.2, 0.25) is 0 Å². The number of hydrogen-bond acceptors (Lipinski definition) is 19. The van der Waals surface area contributed by atoms with Crippen molar-refractivity contribution in [3.63, 3.8) is 0 Å². The molecule has 0 radical (unpaired) electrons. The molecule has 2 fully saturated rings. The highest BCUT2D eigenvalue weighted by Crippen LogP contribution is 2.50. The number of carbonyl (C=O) groups is 1. The molecule has 2 aliphatic heterocycles. The van der Waals surface area contributed by atoms with Crippen molar-refractivity contribution in [1.29, 1.82) is 0 Å². The van der Waals surface area contributed by atoms with E-state index in [2.05, 4.69) is 19.4 Å². The van der Waals surface area contributed by atoms with E-state index in [4.69, 9.17) is 46.1 Å². The van der Waals surface area contributed by atoms with Gasteiger partial charge in [-0.3, -0.25) is 45.7 Å². The smallest absolute Gasteiger partial charge is 0.376 e. The summed E-state index contributed by atoms with van der Waals surface area (Å²) < 4.78 is 112. The van der Waals surface area contributed by atoms with Crippen LogP contribution < -0.4 is 0 Å². The minimum atomic E-state index is -4.54. The molecule has 24 nitrogen and oxygen atoms in total. The molecule has 3 heterocycles. The van der Waals surface area contributed by atoms with Crippen LogP contribution in [0.1, 0.15) is 83.7 Å². The summed E-state index contributed by atoms with van der Waals surface area (Å²) in [5, 5.41) is 8.25. The molecule has 0 amide bonds. The van der Waals surface area contributed by atoms with E-state index >= 15 is 0 Å². The van der Waals surface area contributed by atoms with Crippen LogP contribution in [0.15, 0.2) is 6.20 Å². The Morgan fingerprint density at radius 1 is 0.639 bits per heavy atom. The maximum atomic E-state index is 12.7. The third-order valence-electron chi connectivity index (χ3n) is 9.77. The third-order valence-corrected chi connectivity index (χ3v) is 13.7. The van der Waals surface area contributed by atoms with Crippen LogP contribution in [-0.4, -0.2) is 144 Å². The van der Waals surface area contributed by atoms with Gasteiger partial charge in [-0.05, 0) is 52.4 Å². The Morgan fingerprint density at radius 2 is 1.13 bits per heavy atom. The lowest BCUT2D eigenvalue weighted by Gasteiger charge is -2.25. The summed E-state index contributed by atoms with van der Waals surface area (Å²) in [6, 6.07) is 0. The molecule has 0 aliphatic carbocycles. The standard InChI is InChI=1S/C33H63N3O21P4/c1-24-30(46-3)32(56-59(40,41)49-6)29(55-24)23-53-60(42,43)50-20-13-11-15-26-21-36(35-34-26)18-14-17-27(37)16-10-8-7-9-12-19-51-61(44,45)57-33-28(22-52-58(38,39)48-5)54-25(2)31(33)47-4/h21,24-25,28-33H,7-20,22-23H2,1-6H3,(H,38,39)(H,40,41)(H,42,43)(H,44,45)/t24-,25-,28+,29+,30?,31+,32-,33?/m0/s1. The highest BCUT2D eigenvalue weighted by molar-refractivity contribution is 7.48. The van der Waals surface area contributed by atoms with E-state index in [0.29, 0.717) is 64.3 Å². The number of methoxy groups -OCH3 is 2. The number of rotatable bonds is 33. The molecule has 0 saturated carbocycles. The lowest BCUT2D eigenvalue weighted by molar-refractivity contribution is -0.119. The van der Waals surface area contributed by atoms with Crippen LogP contribution in [-0.2, 0) is 91.2 Å². The molecular weight excluding hydrogens is 898 g/mol. The van der Waals surface area contributed by atoms with Crippen molar-refractivity contribution in [2.45, 2.75) is 140 Å². The topological polar surface area (TPSA) is 308 Å². The summed E-state index contributed by atoms with van der Waals surface area (Å²) >= 11 is 0. The van der Waals surface area contributed by atoms with Gasteiger partial charge in [0.05, 0.1) is 44.3 Å². The molecule has 6 unspecified atom stereocenters. The number of aromatic nitrogens is 3. The molecule has 0 bridgehead atoms. The number of phosphoric acid groups is 4. The number of unbranched alkanes of at least 4 members (excludes halogenated alkanes) is 5. The Hall–Kier alpha value is -0.910. The maximum Gasteiger partial charge on any atom is 0.472 e. The fourth-order valence-electron chi connectivity index (χ4n) is 6.65. The van der Waals surface area contributed by atoms with Gasteiger partial charge in [0.15, 0.2) is 0 Å². The lowest BCUT2D eigenvalue weighted by Crippen LogP contribution is -2.37. The molecule has 28 heteroatoms. The zero-order valence-corrected chi connectivity index (χ0v) is 38.9. The molecule has 356 valence electrons. The van der Waals surface area contributed by atoms with Gasteiger partial charge in [0.1, 0.15) is 42.4 Å². The van der Waals surface area contributed by atoms with Crippen molar-refractivity contribution >= 4 is 37.1 Å². The summed E-state index contributed by atoms with van der Waals surface area (Å²) in [6.45, 7) is 2.77. The number of ether oxygens (including phenoxy) is 4. The first-order valence-corrected chi connectivity index (χ1v) is 25.9. The van der Waals surface area contributed by atoms with Gasteiger partial charge in [-0.1, -0.05) is 24.5 Å². The van der Waals surface area contributed by atoms with Crippen molar-refractivity contribution in [1.82, 2.24) is 15.0 Å². The second-order valence-corrected chi connectivity index (χ2v) is 20.3. The largest absolute Gasteiger partial charge is 0.472 e. The Morgan fingerprint density at radius 3 is 1.70 bits per heavy atom. The van der Waals surface area contributed by atoms with Crippen LogP contribution in [0, 0.1) is 0 Å². The zero-order valence-electron chi connectivity index (χ0n) is 35.4. The first kappa shape index (κ1) is 54.4. The fraction of sp³-hybridized carbons (Fsp3) is 0.909. The predicted molar refractivity (Wildman–Crippen MR) is 212 cm³/mol. The number of carbonyl (C=O) groups excluding carboxylic acids is 1. The van der Waals surface area contributed by atoms with Crippen LogP contribution in [0.2, 0.25) is 0 Å². The summed E-state index contributed by atoms with van der Waals surface area (Å²) in [7, 11) is -13.0. The number of ketones is 1. The van der Waals surface area contributed by atoms with Gasteiger partial charge in [-0.15, -0.1) is 5.10 Å². The van der Waals surface area contributed by atoms with E-state index in [1.807, 2.05) is 0 Å². The number of aryl methyl sites for hydroxylation is 2. The van der Waals surface area contributed by atoms with Crippen molar-refractivity contribution in [2.24, 2.45) is 0 Å². The molecule has 3 rings (SSSR count). The van der Waals surface area contributed by atoms with E-state index in [0.717, 1.165) is 32.8 Å². The minimum Gasteiger partial charge on any atom is -0.376 e. The predicted octanol–water partition coefficient (Wildman–Crippen LogP) is 4.43. The Bertz CT molecular complexity index is 1660. The SMILES string of the molecule is COC1[C@H](C)O[C@H](COP(=O)(O)OCCCCc2cn(CCCC(=O)CCCCCCCOP(=O)(O)OC3[C@@H](COP(=O)(O)OC)O[C@@H](C)[C@H]3OC)nn2)[C@@H]1OP(=O)(O)OC. The second kappa shape index (κ2) is 26.3. The van der Waals surface area contributed by atoms with E-state index in [1.165, 1.54) is 14.2 Å². The summed E-state index contributed by atoms with van der Waals surface area (Å²) in [5.74, 6) is 0.138. The Labute approximate surface area is 355 Å². The van der Waals surface area contributed by atoms with Crippen molar-refractivity contribution in [3.8, 4) is 0 Å². The molecule has 4 N–H and O–H groups in total. The Balaban J connectivity index is 1.22. The zero-order chi connectivity index (χ0) is 45.3. The van der Waals surface area contributed by atoms with Gasteiger partial charge in [0.25, 0.3) is 0 Å². The number of hydrogen-bond donors (Lipinski definition) is 4. The first-order chi connectivity index (χ1) is 28.7. The molecule has 2 saturated heterocycles. The molecule has 0 aromatic carbocycles. The quantitative estimate of drug-likeness (QED) is 0.0559. The summed E-state index contributed by atoms with van der Waals surface area (Å²) in [4.78, 5) is 52.1. The second-order valence-electron chi connectivity index (χ2n) is 14.4. The number of nitrogens with zero attached hydrogens (tertiary/aromatic N) is 3. The highest BCUT2D eigenvalue weighted by atomic mass is 31.2. The van der Waals surface area contributed by atoms with Gasteiger partial charge in [-0.25, -0.2) is 18.3 Å². The average molecular weight is 962 g/mol. The van der Waals surface area contributed by atoms with Crippen LogP contribution in [0.3, 0.4) is 0 Å². The molecular formula is C33H63N3O21P4. The van der Waals surface area contributed by atoms with Crippen LogP contribution in [0.4, 0.5) is 0 Å². The average Bonchev–Trinajstić information content (AvgIpc) is 3.87. The first-order valence-electron chi connectivity index (χ1n) is 19.9. The lowest BCUT2D eigenvalue weighted by atomic mass is 10.1. The van der Waals surface area contributed by atoms with Gasteiger partial charge >= 0.3 is 31.3 Å². The third kappa shape index (κ3) is 19.6. The molecule has 1 aromatic heterocycles. The summed E-state index contributed by atoms with van der Waals surface area (Å²) in [5.41, 5.74) is 0.718. The monoisotopic (exact) mass is 961 g/mol. The molecule has 1 aromatic rings. The molecule has 61 heavy (non-hydrogen) atoms. The van der Waals surface area contributed by atoms with E-state index in [-0.39, 0.29) is 19.0 Å². The van der Waals surface area contributed by atoms with E-state index < -0.39 is 93.3 Å². The van der Waals surface area contributed by atoms with Crippen LogP contribution in [0.25, 0.3) is 0 Å². The molecule has 0 spiro atoms. The van der Waals surface area contributed by atoms with Gasteiger partial charge in [-0.2, -0.15) is 0 Å². The Kier molecular flexibility index (Phi) is 23.5. The van der Waals surface area contributed by atoms with Crippen molar-refractivity contribution in [3.05, 3.63) is 11.9 Å². The molecule has 2 aliphatic rings. The maximum absolute atomic E-state index is 12.7. The fourth-order valence-corrected chi connectivity index (χ4v) is 9.49. The normalized spacial score (nSPS) is 28.3.